The van der Waals surface area contributed by atoms with Crippen molar-refractivity contribution in [1.29, 1.82) is 0 Å². The molecule has 5 amide bonds. The molecule has 1 saturated heterocycles. The van der Waals surface area contributed by atoms with Crippen LogP contribution in [0.15, 0.2) is 69.1 Å². The van der Waals surface area contributed by atoms with Crippen LogP contribution in [0.2, 0.25) is 0 Å². The number of rotatable bonds is 6. The van der Waals surface area contributed by atoms with Crippen LogP contribution in [0.5, 0.6) is 5.75 Å². The minimum Gasteiger partial charge on any atom is -0.481 e. The maximum Gasteiger partial charge on any atom is 0.335 e. The Kier molecular flexibility index (Phi) is 8.08. The van der Waals surface area contributed by atoms with Crippen LogP contribution in [0.3, 0.4) is 0 Å². The third-order valence-corrected chi connectivity index (χ3v) is 6.92. The van der Waals surface area contributed by atoms with Crippen molar-refractivity contribution in [1.82, 2.24) is 5.32 Å². The van der Waals surface area contributed by atoms with Gasteiger partial charge in [0, 0.05) is 5.69 Å². The second-order valence-electron chi connectivity index (χ2n) is 8.33. The highest BCUT2D eigenvalue weighted by atomic mass is 79.9. The maximum absolute atomic E-state index is 13.3. The van der Waals surface area contributed by atoms with Gasteiger partial charge in [0.25, 0.3) is 17.7 Å². The minimum atomic E-state index is -0.936. The molecule has 1 aliphatic heterocycles. The lowest BCUT2D eigenvalue weighted by Gasteiger charge is -2.26. The Morgan fingerprint density at radius 3 is 2.37 bits per heavy atom. The fraction of sp³-hybridized carbons (Fsp3) is 0.111. The number of hydrogen-bond acceptors (Lipinski definition) is 5. The van der Waals surface area contributed by atoms with E-state index in [1.807, 2.05) is 32.0 Å². The van der Waals surface area contributed by atoms with E-state index in [4.69, 9.17) is 4.74 Å². The van der Waals surface area contributed by atoms with E-state index in [0.29, 0.717) is 25.9 Å². The number of imide groups is 2. The highest BCUT2D eigenvalue weighted by Gasteiger charge is 2.36. The summed E-state index contributed by atoms with van der Waals surface area (Å²) in [6.07, 6.45) is 1.31. The molecule has 8 nitrogen and oxygen atoms in total. The third-order valence-electron chi connectivity index (χ3n) is 5.74. The number of aryl methyl sites for hydroxylation is 1. The van der Waals surface area contributed by atoms with Crippen molar-refractivity contribution in [3.05, 3.63) is 91.6 Å². The second-order valence-corrected chi connectivity index (χ2v) is 10.0. The van der Waals surface area contributed by atoms with Gasteiger partial charge in [-0.3, -0.25) is 19.7 Å². The van der Waals surface area contributed by atoms with Gasteiger partial charge in [-0.25, -0.2) is 14.1 Å². The number of amides is 5. The summed E-state index contributed by atoms with van der Waals surface area (Å²) in [5, 5.41) is 4.94. The summed E-state index contributed by atoms with van der Waals surface area (Å²) in [4.78, 5) is 51.0. The van der Waals surface area contributed by atoms with E-state index < -0.39 is 23.7 Å². The molecule has 1 heterocycles. The Hall–Kier alpha value is -3.83. The SMILES string of the molecule is Cc1cccc(NC(=O)COc2c(Br)cc(/C=C3\C(=O)NC(=O)N(c4ccc(F)cc4)C3=O)cc2Br)c1C. The van der Waals surface area contributed by atoms with Crippen LogP contribution in [0, 0.1) is 19.7 Å². The van der Waals surface area contributed by atoms with Gasteiger partial charge in [0.2, 0.25) is 0 Å². The highest BCUT2D eigenvalue weighted by Crippen LogP contribution is 2.36. The first kappa shape index (κ1) is 27.2. The Labute approximate surface area is 234 Å². The number of nitrogens with zero attached hydrogens (tertiary/aromatic N) is 1. The standard InChI is InChI=1S/C27H20Br2FN3O5/c1-14-4-3-5-22(15(14)2)31-23(34)13-38-24-20(28)11-16(12-21(24)29)10-19-25(35)32-27(37)33(26(19)36)18-8-6-17(30)7-9-18/h3-12H,13H2,1-2H3,(H,31,34)(H,32,35,37)/b19-10+. The fourth-order valence-electron chi connectivity index (χ4n) is 3.66. The first-order valence-electron chi connectivity index (χ1n) is 11.2. The van der Waals surface area contributed by atoms with Crippen molar-refractivity contribution in [3.8, 4) is 5.75 Å². The zero-order valence-corrected chi connectivity index (χ0v) is 23.3. The molecule has 0 unspecified atom stereocenters. The molecule has 11 heteroatoms. The highest BCUT2D eigenvalue weighted by molar-refractivity contribution is 9.11. The Balaban J connectivity index is 1.52. The monoisotopic (exact) mass is 643 g/mol. The molecular formula is C27H20Br2FN3O5. The summed E-state index contributed by atoms with van der Waals surface area (Å²) in [5.41, 5.74) is 2.95. The Morgan fingerprint density at radius 2 is 1.71 bits per heavy atom. The number of ether oxygens (including phenoxy) is 1. The molecule has 0 radical (unpaired) electrons. The predicted octanol–water partition coefficient (Wildman–Crippen LogP) is 5.65. The van der Waals surface area contributed by atoms with Gasteiger partial charge in [-0.1, -0.05) is 12.1 Å². The van der Waals surface area contributed by atoms with Crippen LogP contribution in [-0.4, -0.2) is 30.4 Å². The minimum absolute atomic E-state index is 0.109. The number of urea groups is 1. The normalized spacial score (nSPS) is 14.5. The van der Waals surface area contributed by atoms with Crippen LogP contribution in [0.4, 0.5) is 20.6 Å². The van der Waals surface area contributed by atoms with Crippen molar-refractivity contribution in [3.63, 3.8) is 0 Å². The number of carbonyl (C=O) groups is 4. The summed E-state index contributed by atoms with van der Waals surface area (Å²) in [6.45, 7) is 3.61. The topological polar surface area (TPSA) is 105 Å². The van der Waals surface area contributed by atoms with E-state index in [9.17, 15) is 23.6 Å². The van der Waals surface area contributed by atoms with Crippen LogP contribution in [0.1, 0.15) is 16.7 Å². The number of carbonyl (C=O) groups excluding carboxylic acids is 4. The number of nitrogens with one attached hydrogen (secondary N) is 2. The summed E-state index contributed by atoms with van der Waals surface area (Å²) < 4.78 is 19.9. The first-order valence-corrected chi connectivity index (χ1v) is 12.8. The van der Waals surface area contributed by atoms with E-state index in [0.717, 1.165) is 28.2 Å². The third kappa shape index (κ3) is 5.84. The van der Waals surface area contributed by atoms with Gasteiger partial charge in [0.15, 0.2) is 6.61 Å². The summed E-state index contributed by atoms with van der Waals surface area (Å²) in [6, 6.07) is 12.6. The van der Waals surface area contributed by atoms with E-state index in [2.05, 4.69) is 42.5 Å². The smallest absolute Gasteiger partial charge is 0.335 e. The molecule has 0 aromatic heterocycles. The molecule has 0 saturated carbocycles. The molecular weight excluding hydrogens is 625 g/mol. The average molecular weight is 645 g/mol. The predicted molar refractivity (Wildman–Crippen MR) is 147 cm³/mol. The lowest BCUT2D eigenvalue weighted by atomic mass is 10.1. The van der Waals surface area contributed by atoms with Gasteiger partial charge >= 0.3 is 6.03 Å². The van der Waals surface area contributed by atoms with E-state index in [1.54, 1.807) is 12.1 Å². The molecule has 0 atom stereocenters. The molecule has 0 spiro atoms. The largest absolute Gasteiger partial charge is 0.481 e. The zero-order chi connectivity index (χ0) is 27.6. The quantitative estimate of drug-likeness (QED) is 0.267. The molecule has 2 N–H and O–H groups in total. The molecule has 1 fully saturated rings. The van der Waals surface area contributed by atoms with Crippen LogP contribution in [0.25, 0.3) is 6.08 Å². The number of barbiturate groups is 1. The zero-order valence-electron chi connectivity index (χ0n) is 20.1. The van der Waals surface area contributed by atoms with Crippen LogP contribution < -0.4 is 20.3 Å². The van der Waals surface area contributed by atoms with Crippen LogP contribution in [-0.2, 0) is 14.4 Å². The van der Waals surface area contributed by atoms with Gasteiger partial charge in [-0.2, -0.15) is 0 Å². The van der Waals surface area contributed by atoms with E-state index in [1.165, 1.54) is 18.2 Å². The summed E-state index contributed by atoms with van der Waals surface area (Å²) in [7, 11) is 0. The summed E-state index contributed by atoms with van der Waals surface area (Å²) in [5.74, 6) is -2.27. The maximum atomic E-state index is 13.3. The fourth-order valence-corrected chi connectivity index (χ4v) is 5.11. The molecule has 3 aromatic rings. The van der Waals surface area contributed by atoms with Crippen molar-refractivity contribution in [2.75, 3.05) is 16.8 Å². The number of anilines is 2. The van der Waals surface area contributed by atoms with Crippen molar-refractivity contribution >= 4 is 73.1 Å². The van der Waals surface area contributed by atoms with Gasteiger partial charge < -0.3 is 10.1 Å². The van der Waals surface area contributed by atoms with E-state index >= 15 is 0 Å². The van der Waals surface area contributed by atoms with E-state index in [-0.39, 0.29) is 23.8 Å². The van der Waals surface area contributed by atoms with Gasteiger partial charge in [0.1, 0.15) is 17.1 Å². The lowest BCUT2D eigenvalue weighted by molar-refractivity contribution is -0.122. The number of hydrogen-bond donors (Lipinski definition) is 2. The molecule has 194 valence electrons. The average Bonchev–Trinajstić information content (AvgIpc) is 2.85. The number of benzene rings is 3. The van der Waals surface area contributed by atoms with Crippen LogP contribution >= 0.6 is 31.9 Å². The Bertz CT molecular complexity index is 1480. The number of halogens is 3. The van der Waals surface area contributed by atoms with Gasteiger partial charge in [-0.15, -0.1) is 0 Å². The molecule has 0 bridgehead atoms. The second kappa shape index (κ2) is 11.3. The summed E-state index contributed by atoms with van der Waals surface area (Å²) >= 11 is 6.79. The van der Waals surface area contributed by atoms with Crippen molar-refractivity contribution < 1.29 is 28.3 Å². The van der Waals surface area contributed by atoms with Gasteiger partial charge in [0.05, 0.1) is 14.6 Å². The van der Waals surface area contributed by atoms with Gasteiger partial charge in [-0.05, 0) is 111 Å². The lowest BCUT2D eigenvalue weighted by Crippen LogP contribution is -2.54. The van der Waals surface area contributed by atoms with Crippen molar-refractivity contribution in [2.24, 2.45) is 0 Å². The molecule has 1 aliphatic rings. The molecule has 4 rings (SSSR count). The first-order chi connectivity index (χ1) is 18.0. The molecule has 0 aliphatic carbocycles. The molecule has 3 aromatic carbocycles. The molecule has 38 heavy (non-hydrogen) atoms. The van der Waals surface area contributed by atoms with Crippen molar-refractivity contribution in [2.45, 2.75) is 13.8 Å². The Morgan fingerprint density at radius 1 is 1.05 bits per heavy atom.